The van der Waals surface area contributed by atoms with Gasteiger partial charge in [-0.3, -0.25) is 14.5 Å². The zero-order valence-corrected chi connectivity index (χ0v) is 24.8. The Labute approximate surface area is 246 Å². The lowest BCUT2D eigenvalue weighted by Crippen LogP contribution is -2.70. The van der Waals surface area contributed by atoms with Gasteiger partial charge in [-0.25, -0.2) is 9.78 Å². The Morgan fingerprint density at radius 3 is 2.62 bits per heavy atom. The van der Waals surface area contributed by atoms with Gasteiger partial charge < -0.3 is 28.6 Å². The van der Waals surface area contributed by atoms with Crippen LogP contribution in [0.15, 0.2) is 18.2 Å². The number of rotatable bonds is 6. The lowest BCUT2D eigenvalue weighted by Gasteiger charge is -2.59. The van der Waals surface area contributed by atoms with Crippen molar-refractivity contribution < 1.29 is 43.0 Å². The van der Waals surface area contributed by atoms with Gasteiger partial charge in [0, 0.05) is 57.4 Å². The van der Waals surface area contributed by atoms with Gasteiger partial charge in [0.15, 0.2) is 23.4 Å². The number of amides is 1. The molecule has 2 bridgehead atoms. The van der Waals surface area contributed by atoms with Crippen LogP contribution in [0.1, 0.15) is 64.9 Å². The summed E-state index contributed by atoms with van der Waals surface area (Å²) in [5.74, 6) is 0.913. The van der Waals surface area contributed by atoms with E-state index in [-0.39, 0.29) is 43.3 Å². The topological polar surface area (TPSA) is 105 Å². The number of fused-ring (bicyclic) bond motifs is 3. The average Bonchev–Trinajstić information content (AvgIpc) is 3.33. The van der Waals surface area contributed by atoms with Crippen molar-refractivity contribution in [3.8, 4) is 11.5 Å². The Hall–Kier alpha value is -2.44. The maximum atomic E-state index is 13.0. The van der Waals surface area contributed by atoms with Gasteiger partial charge in [0.05, 0.1) is 6.42 Å². The lowest BCUT2D eigenvalue weighted by molar-refractivity contribution is -0.576. The van der Waals surface area contributed by atoms with Crippen molar-refractivity contribution in [3.63, 3.8) is 0 Å². The molecule has 8 atom stereocenters. The van der Waals surface area contributed by atoms with E-state index >= 15 is 0 Å². The Balaban J connectivity index is 0.904. The average molecular weight is 587 g/mol. The summed E-state index contributed by atoms with van der Waals surface area (Å²) in [6, 6.07) is 6.01. The maximum Gasteiger partial charge on any atom is 0.308 e. The monoisotopic (exact) mass is 586 g/mol. The first kappa shape index (κ1) is 28.3. The summed E-state index contributed by atoms with van der Waals surface area (Å²) in [5.41, 5.74) is 0.456. The second kappa shape index (κ2) is 10.9. The number of esters is 1. The summed E-state index contributed by atoms with van der Waals surface area (Å²) in [6.07, 6.45) is 2.38. The number of carbonyl (C=O) groups is 2. The fourth-order valence-corrected chi connectivity index (χ4v) is 8.02. The lowest BCUT2D eigenvalue weighted by atomic mass is 9.58. The molecule has 230 valence electrons. The molecule has 1 amide bonds. The van der Waals surface area contributed by atoms with Gasteiger partial charge in [-0.05, 0) is 55.7 Å². The fourth-order valence-electron chi connectivity index (χ4n) is 8.02. The van der Waals surface area contributed by atoms with E-state index < -0.39 is 29.9 Å². The van der Waals surface area contributed by atoms with Gasteiger partial charge in [0.2, 0.25) is 24.8 Å². The zero-order chi connectivity index (χ0) is 29.1. The summed E-state index contributed by atoms with van der Waals surface area (Å²) in [4.78, 5) is 42.1. The molecule has 1 aliphatic carbocycles. The first-order valence-electron chi connectivity index (χ1n) is 15.5. The van der Waals surface area contributed by atoms with E-state index in [0.29, 0.717) is 19.0 Å². The van der Waals surface area contributed by atoms with Crippen LogP contribution in [0.25, 0.3) is 0 Å². The molecule has 6 fully saturated rings. The summed E-state index contributed by atoms with van der Waals surface area (Å²) < 4.78 is 29.4. The maximum absolute atomic E-state index is 13.0. The fraction of sp³-hybridized carbons (Fsp3) is 0.742. The summed E-state index contributed by atoms with van der Waals surface area (Å²) in [7, 11) is 0. The normalized spacial score (nSPS) is 39.0. The third kappa shape index (κ3) is 4.96. The van der Waals surface area contributed by atoms with Crippen molar-refractivity contribution in [2.24, 2.45) is 23.7 Å². The predicted molar refractivity (Wildman–Crippen MR) is 147 cm³/mol. The highest BCUT2D eigenvalue weighted by Crippen LogP contribution is 2.60. The molecule has 7 aliphatic rings. The van der Waals surface area contributed by atoms with Crippen LogP contribution in [0.3, 0.4) is 0 Å². The molecule has 6 aliphatic heterocycles. The van der Waals surface area contributed by atoms with E-state index in [1.807, 2.05) is 30.0 Å². The molecule has 0 radical (unpaired) electrons. The molecule has 11 heteroatoms. The van der Waals surface area contributed by atoms with Crippen molar-refractivity contribution in [2.75, 3.05) is 33.0 Å². The molecule has 0 N–H and O–H groups in total. The van der Waals surface area contributed by atoms with E-state index in [0.717, 1.165) is 62.4 Å². The predicted octanol–water partition coefficient (Wildman–Crippen LogP) is 3.59. The number of nitrogens with zero attached hydrogens (tertiary/aromatic N) is 2. The van der Waals surface area contributed by atoms with Gasteiger partial charge in [0.25, 0.3) is 0 Å². The Morgan fingerprint density at radius 2 is 1.79 bits per heavy atom. The second-order valence-corrected chi connectivity index (χ2v) is 13.1. The molecule has 1 saturated carbocycles. The van der Waals surface area contributed by atoms with Crippen LogP contribution in [0, 0.1) is 23.7 Å². The number of hydrogen-bond acceptors (Lipinski definition) is 10. The number of carbonyl (C=O) groups excluding carboxylic acids is 2. The molecule has 5 saturated heterocycles. The highest BCUT2D eigenvalue weighted by Gasteiger charge is 2.69. The molecule has 0 unspecified atom stereocenters. The number of ether oxygens (including phenoxy) is 5. The molecule has 6 heterocycles. The Bertz CT molecular complexity index is 1200. The van der Waals surface area contributed by atoms with Gasteiger partial charge >= 0.3 is 5.97 Å². The largest absolute Gasteiger partial charge is 0.454 e. The molecule has 0 aromatic heterocycles. The first-order valence-corrected chi connectivity index (χ1v) is 15.5. The summed E-state index contributed by atoms with van der Waals surface area (Å²) in [5, 5.41) is 0. The third-order valence-electron chi connectivity index (χ3n) is 10.5. The van der Waals surface area contributed by atoms with Crippen LogP contribution in [0.2, 0.25) is 0 Å². The van der Waals surface area contributed by atoms with Crippen molar-refractivity contribution in [2.45, 2.75) is 89.8 Å². The van der Waals surface area contributed by atoms with Crippen LogP contribution in [-0.2, 0) is 40.1 Å². The molecule has 42 heavy (non-hydrogen) atoms. The molecular formula is C31H42N2O9. The zero-order valence-electron chi connectivity index (χ0n) is 24.8. The molecule has 1 spiro atoms. The minimum absolute atomic E-state index is 0.0150. The molecule has 11 nitrogen and oxygen atoms in total. The quantitative estimate of drug-likeness (QED) is 0.363. The minimum atomic E-state index is -0.881. The Morgan fingerprint density at radius 1 is 0.976 bits per heavy atom. The van der Waals surface area contributed by atoms with Gasteiger partial charge in [-0.1, -0.05) is 19.9 Å². The van der Waals surface area contributed by atoms with Crippen LogP contribution in [-0.4, -0.2) is 78.6 Å². The van der Waals surface area contributed by atoms with Crippen LogP contribution < -0.4 is 9.47 Å². The van der Waals surface area contributed by atoms with Crippen molar-refractivity contribution in [1.82, 2.24) is 9.80 Å². The van der Waals surface area contributed by atoms with Crippen LogP contribution in [0.5, 0.6) is 11.5 Å². The number of hydrogen-bond donors (Lipinski definition) is 0. The highest BCUT2D eigenvalue weighted by atomic mass is 17.3. The van der Waals surface area contributed by atoms with Gasteiger partial charge in [-0.15, -0.1) is 0 Å². The smallest absolute Gasteiger partial charge is 0.308 e. The van der Waals surface area contributed by atoms with E-state index in [9.17, 15) is 9.59 Å². The molecule has 1 aromatic rings. The summed E-state index contributed by atoms with van der Waals surface area (Å²) >= 11 is 0. The van der Waals surface area contributed by atoms with Gasteiger partial charge in [-0.2, -0.15) is 0 Å². The van der Waals surface area contributed by atoms with E-state index in [1.165, 1.54) is 0 Å². The first-order chi connectivity index (χ1) is 20.2. The summed E-state index contributed by atoms with van der Waals surface area (Å²) in [6.45, 7) is 10.0. The minimum Gasteiger partial charge on any atom is -0.454 e. The van der Waals surface area contributed by atoms with Crippen LogP contribution >= 0.6 is 0 Å². The highest BCUT2D eigenvalue weighted by molar-refractivity contribution is 5.81. The van der Waals surface area contributed by atoms with Crippen molar-refractivity contribution in [3.05, 3.63) is 23.8 Å². The van der Waals surface area contributed by atoms with Gasteiger partial charge in [0.1, 0.15) is 0 Å². The molecule has 1 aromatic carbocycles. The third-order valence-corrected chi connectivity index (χ3v) is 10.5. The van der Waals surface area contributed by atoms with Crippen molar-refractivity contribution >= 4 is 11.9 Å². The standard InChI is InChI=1S/C31H42N2O9/c1-19-4-6-23-20(2)28(39-29-31(23)22(19)10-11-30(3,40-29)41-42-31)38-27(35)9-8-26(34)33-14-12-32(13-15-33)17-21-5-7-24-25(16-21)37-18-36-24/h5,7,16,19-20,22-23,28-29H,4,6,8-15,17-18H2,1-3H3/t19-,20-,22+,23+,28-,29-,30+,31-/m1/s1. The second-order valence-electron chi connectivity index (χ2n) is 13.1. The van der Waals surface area contributed by atoms with Crippen molar-refractivity contribution in [1.29, 1.82) is 0 Å². The Kier molecular flexibility index (Phi) is 7.37. The number of benzene rings is 1. The van der Waals surface area contributed by atoms with E-state index in [1.54, 1.807) is 0 Å². The van der Waals surface area contributed by atoms with E-state index in [2.05, 4.69) is 18.7 Å². The molecular weight excluding hydrogens is 544 g/mol. The number of piperazine rings is 1. The SMILES string of the molecule is C[C@H]1[C@H](OC(=O)CCC(=O)N2CCN(Cc3ccc4c(c3)OCO4)CC2)O[C@@H]2O[C@]3(C)CC[C@H]4[C@H](C)CC[C@@H]1[C@@]24OO3. The van der Waals surface area contributed by atoms with E-state index in [4.69, 9.17) is 33.5 Å². The van der Waals surface area contributed by atoms with Crippen LogP contribution in [0.4, 0.5) is 0 Å². The molecule has 8 rings (SSSR count).